The van der Waals surface area contributed by atoms with Crippen molar-refractivity contribution < 1.29 is 19.4 Å². The molecule has 0 radical (unpaired) electrons. The Morgan fingerprint density at radius 2 is 1.86 bits per heavy atom. The lowest BCUT2D eigenvalue weighted by Crippen LogP contribution is -2.40. The number of nitrogens with zero attached hydrogens (tertiary/aromatic N) is 3. The minimum atomic E-state index is -1.20. The Morgan fingerprint density at radius 3 is 2.49 bits per heavy atom. The Kier molecular flexibility index (Phi) is 9.36. The van der Waals surface area contributed by atoms with Crippen LogP contribution < -0.4 is 38.8 Å². The van der Waals surface area contributed by atoms with Gasteiger partial charge in [0.05, 0.1) is 26.7 Å². The molecule has 0 spiro atoms. The maximum atomic E-state index is 14.1. The van der Waals surface area contributed by atoms with E-state index in [0.717, 1.165) is 9.13 Å². The number of alkyl carbamates (subject to hydrolysis) is 1. The topological polar surface area (TPSA) is 201 Å². The van der Waals surface area contributed by atoms with Crippen LogP contribution in [0.4, 0.5) is 4.79 Å². The predicted octanol–water partition coefficient (Wildman–Crippen LogP) is 1.39. The molecule has 6 N–H and O–H groups in total. The zero-order chi connectivity index (χ0) is 31.6. The smallest absolute Gasteiger partial charge is 0.407 e. The maximum Gasteiger partial charge on any atom is 0.407 e. The Morgan fingerprint density at radius 1 is 1.14 bits per heavy atom. The monoisotopic (exact) mass is 612 g/mol. The van der Waals surface area contributed by atoms with Crippen molar-refractivity contribution in [2.45, 2.75) is 51.7 Å². The van der Waals surface area contributed by atoms with E-state index in [1.54, 1.807) is 13.8 Å². The summed E-state index contributed by atoms with van der Waals surface area (Å²) >= 11 is 6.62. The molecule has 4 rings (SSSR count). The van der Waals surface area contributed by atoms with Crippen LogP contribution in [0.1, 0.15) is 39.2 Å². The number of primary amides is 1. The van der Waals surface area contributed by atoms with Crippen LogP contribution in [0, 0.1) is 0 Å². The SMILES string of the molecule is C=CCOC(=O)NCCn1c(=O)c2cc(=NC(C)C)c3c(=O)n([C@@H](CCCCN)C(N)=O)c(O)c4cc(Cl)c(c-2c43)c1=O. The third-order valence-electron chi connectivity index (χ3n) is 7.08. The van der Waals surface area contributed by atoms with Crippen molar-refractivity contribution >= 4 is 45.1 Å². The predicted molar refractivity (Wildman–Crippen MR) is 163 cm³/mol. The van der Waals surface area contributed by atoms with Crippen LogP contribution in [0.15, 0.2) is 44.2 Å². The number of aromatic hydroxyl groups is 1. The van der Waals surface area contributed by atoms with Gasteiger partial charge in [-0.15, -0.1) is 0 Å². The quantitative estimate of drug-likeness (QED) is 0.104. The van der Waals surface area contributed by atoms with Crippen LogP contribution in [0.3, 0.4) is 0 Å². The summed E-state index contributed by atoms with van der Waals surface area (Å²) < 4.78 is 6.71. The molecule has 2 heterocycles. The Balaban J connectivity index is 2.08. The second-order valence-electron chi connectivity index (χ2n) is 10.3. The van der Waals surface area contributed by atoms with E-state index >= 15 is 0 Å². The third-order valence-corrected chi connectivity index (χ3v) is 7.38. The van der Waals surface area contributed by atoms with Gasteiger partial charge in [-0.2, -0.15) is 0 Å². The molecule has 43 heavy (non-hydrogen) atoms. The molecule has 0 bridgehead atoms. The third kappa shape index (κ3) is 5.77. The Labute approximate surface area is 250 Å². The number of rotatable bonds is 12. The highest BCUT2D eigenvalue weighted by Crippen LogP contribution is 2.41. The number of hydrogen-bond donors (Lipinski definition) is 4. The standard InChI is InChI=1S/C29H33ClN6O7/c1-4-11-43-29(42)33-9-10-35-25(38)16-13-18(34-14(2)3)23-21-15(12-17(30)22(20(16)21)27(35)40)26(39)36(28(23)41)19(24(32)37)7-5-6-8-31/h4,12-14,19,39H,1,5-11,31H2,2-3H3,(H2,32,37)(H,33,42)/t19-/m0/s1. The molecule has 0 fully saturated rings. The fraction of sp³-hybridized carbons (Fsp3) is 0.379. The number of ether oxygens (including phenoxy) is 1. The van der Waals surface area contributed by atoms with E-state index in [1.807, 2.05) is 0 Å². The molecule has 1 aliphatic heterocycles. The van der Waals surface area contributed by atoms with Crippen LogP contribution in [0.2, 0.25) is 5.02 Å². The van der Waals surface area contributed by atoms with E-state index in [2.05, 4.69) is 16.9 Å². The zero-order valence-corrected chi connectivity index (χ0v) is 24.6. The highest BCUT2D eigenvalue weighted by Gasteiger charge is 2.31. The zero-order valence-electron chi connectivity index (χ0n) is 23.8. The molecule has 2 amide bonds. The minimum Gasteiger partial charge on any atom is -0.494 e. The maximum absolute atomic E-state index is 14.1. The largest absolute Gasteiger partial charge is 0.494 e. The van der Waals surface area contributed by atoms with Gasteiger partial charge in [-0.25, -0.2) is 4.79 Å². The number of carbonyl (C=O) groups is 2. The first-order valence-corrected chi connectivity index (χ1v) is 14.1. The van der Waals surface area contributed by atoms with Crippen LogP contribution in [0.25, 0.3) is 32.7 Å². The van der Waals surface area contributed by atoms with Gasteiger partial charge in [0.25, 0.3) is 16.7 Å². The lowest BCUT2D eigenvalue weighted by Gasteiger charge is -2.23. The minimum absolute atomic E-state index is 0.00363. The van der Waals surface area contributed by atoms with Gasteiger partial charge in [0.1, 0.15) is 12.6 Å². The lowest BCUT2D eigenvalue weighted by atomic mass is 9.90. The van der Waals surface area contributed by atoms with Gasteiger partial charge in [-0.05, 0) is 51.8 Å². The van der Waals surface area contributed by atoms with Crippen molar-refractivity contribution in [3.05, 3.63) is 66.2 Å². The normalized spacial score (nSPS) is 12.9. The van der Waals surface area contributed by atoms with Gasteiger partial charge in [0.2, 0.25) is 11.8 Å². The molecule has 2 aliphatic rings. The molecule has 228 valence electrons. The van der Waals surface area contributed by atoms with E-state index in [4.69, 9.17) is 27.8 Å². The number of amides is 2. The molecular formula is C29H33ClN6O7. The van der Waals surface area contributed by atoms with Gasteiger partial charge in [-0.1, -0.05) is 24.3 Å². The second-order valence-corrected chi connectivity index (χ2v) is 10.8. The number of nitrogens with one attached hydrogen (secondary N) is 1. The molecule has 0 saturated carbocycles. The molecule has 0 unspecified atom stereocenters. The van der Waals surface area contributed by atoms with Gasteiger partial charge in [-0.3, -0.25) is 33.3 Å². The first-order valence-electron chi connectivity index (χ1n) is 13.7. The Hall–Kier alpha value is -4.49. The summed E-state index contributed by atoms with van der Waals surface area (Å²) in [5, 5.41) is 14.0. The van der Waals surface area contributed by atoms with Gasteiger partial charge >= 0.3 is 6.09 Å². The molecule has 1 aromatic heterocycles. The van der Waals surface area contributed by atoms with Crippen LogP contribution in [-0.2, 0) is 16.1 Å². The summed E-state index contributed by atoms with van der Waals surface area (Å²) in [5.41, 5.74) is 9.19. The van der Waals surface area contributed by atoms with E-state index in [9.17, 15) is 29.1 Å². The molecule has 1 aromatic carbocycles. The van der Waals surface area contributed by atoms with Gasteiger partial charge in [0.15, 0.2) is 0 Å². The average Bonchev–Trinajstić information content (AvgIpc) is 2.94. The first-order chi connectivity index (χ1) is 20.4. The van der Waals surface area contributed by atoms with Crippen LogP contribution in [0.5, 0.6) is 5.88 Å². The lowest BCUT2D eigenvalue weighted by molar-refractivity contribution is -0.121. The van der Waals surface area contributed by atoms with Crippen molar-refractivity contribution in [1.82, 2.24) is 14.5 Å². The summed E-state index contributed by atoms with van der Waals surface area (Å²) in [4.78, 5) is 70.4. The number of hydrogen-bond acceptors (Lipinski definition) is 9. The highest BCUT2D eigenvalue weighted by molar-refractivity contribution is 6.37. The molecule has 1 aliphatic carbocycles. The number of carbonyl (C=O) groups excluding carboxylic acids is 2. The highest BCUT2D eigenvalue weighted by atomic mass is 35.5. The molecule has 13 nitrogen and oxygen atoms in total. The van der Waals surface area contributed by atoms with Crippen molar-refractivity contribution in [3.63, 3.8) is 0 Å². The van der Waals surface area contributed by atoms with Crippen LogP contribution >= 0.6 is 11.6 Å². The summed E-state index contributed by atoms with van der Waals surface area (Å²) in [6.07, 6.45) is 1.81. The van der Waals surface area contributed by atoms with Gasteiger partial charge in [0, 0.05) is 35.5 Å². The van der Waals surface area contributed by atoms with E-state index in [-0.39, 0.29) is 75.2 Å². The fourth-order valence-corrected chi connectivity index (χ4v) is 5.57. The molecule has 0 saturated heterocycles. The van der Waals surface area contributed by atoms with Crippen molar-refractivity contribution in [2.75, 3.05) is 19.7 Å². The number of unbranched alkanes of at least 4 members (excludes halogenated alkanes) is 1. The number of nitrogens with two attached hydrogens (primary N) is 2. The van der Waals surface area contributed by atoms with Crippen molar-refractivity contribution in [2.24, 2.45) is 16.5 Å². The van der Waals surface area contributed by atoms with E-state index in [1.165, 1.54) is 18.2 Å². The van der Waals surface area contributed by atoms with E-state index in [0.29, 0.717) is 19.4 Å². The molecular weight excluding hydrogens is 580 g/mol. The average molecular weight is 613 g/mol. The number of benzene rings is 2. The summed E-state index contributed by atoms with van der Waals surface area (Å²) in [5.74, 6) is -1.41. The van der Waals surface area contributed by atoms with Crippen molar-refractivity contribution in [3.8, 4) is 17.0 Å². The Bertz CT molecular complexity index is 1920. The number of aromatic nitrogens is 2. The summed E-state index contributed by atoms with van der Waals surface area (Å²) in [7, 11) is 0. The number of pyridine rings is 2. The molecule has 1 atom stereocenters. The second kappa shape index (κ2) is 12.8. The molecule has 14 heteroatoms. The summed E-state index contributed by atoms with van der Waals surface area (Å²) in [6.45, 7) is 7.05. The van der Waals surface area contributed by atoms with Crippen LogP contribution in [-0.4, -0.2) is 52.0 Å². The fourth-order valence-electron chi connectivity index (χ4n) is 5.29. The molecule has 2 aromatic rings. The number of halogens is 1. The summed E-state index contributed by atoms with van der Waals surface area (Å²) in [6, 6.07) is 1.19. The van der Waals surface area contributed by atoms with E-state index < -0.39 is 40.6 Å². The van der Waals surface area contributed by atoms with Gasteiger partial charge < -0.3 is 26.6 Å². The van der Waals surface area contributed by atoms with Crippen molar-refractivity contribution in [1.29, 1.82) is 0 Å². The first kappa shape index (κ1) is 31.4.